The molecule has 0 bridgehead atoms. The molecule has 0 aromatic heterocycles. The van der Waals surface area contributed by atoms with E-state index >= 15 is 0 Å². The Bertz CT molecular complexity index is 626. The van der Waals surface area contributed by atoms with Crippen LogP contribution in [0, 0.1) is 11.8 Å². The Morgan fingerprint density at radius 2 is 2.08 bits per heavy atom. The van der Waals surface area contributed by atoms with Gasteiger partial charge in [0, 0.05) is 44.2 Å². The van der Waals surface area contributed by atoms with Crippen LogP contribution in [-0.2, 0) is 16.1 Å². The predicted octanol–water partition coefficient (Wildman–Crippen LogP) is 3.24. The van der Waals surface area contributed by atoms with Gasteiger partial charge < -0.3 is 10.1 Å². The van der Waals surface area contributed by atoms with Gasteiger partial charge in [0.15, 0.2) is 0 Å². The molecule has 1 aliphatic carbocycles. The molecule has 25 heavy (non-hydrogen) atoms. The largest absolute Gasteiger partial charge is 0.372 e. The van der Waals surface area contributed by atoms with E-state index in [1.54, 1.807) is 0 Å². The number of ether oxygens (including phenoxy) is 1. The van der Waals surface area contributed by atoms with Crippen molar-refractivity contribution in [1.29, 1.82) is 0 Å². The SMILES string of the molecule is O=C(CC1CC1)NCC[C@@H]1CCOC12CN(Cc1ccccc1Cl)C2. The van der Waals surface area contributed by atoms with Crippen molar-refractivity contribution in [3.8, 4) is 0 Å². The van der Waals surface area contributed by atoms with Gasteiger partial charge in [-0.3, -0.25) is 9.69 Å². The van der Waals surface area contributed by atoms with Gasteiger partial charge in [0.2, 0.25) is 5.91 Å². The Kier molecular flexibility index (Phi) is 5.03. The second kappa shape index (κ2) is 7.26. The van der Waals surface area contributed by atoms with E-state index < -0.39 is 0 Å². The van der Waals surface area contributed by atoms with Gasteiger partial charge in [-0.25, -0.2) is 0 Å². The smallest absolute Gasteiger partial charge is 0.220 e. The van der Waals surface area contributed by atoms with Crippen molar-refractivity contribution in [2.75, 3.05) is 26.2 Å². The highest BCUT2D eigenvalue weighted by Crippen LogP contribution is 2.42. The zero-order valence-corrected chi connectivity index (χ0v) is 15.4. The van der Waals surface area contributed by atoms with Crippen molar-refractivity contribution in [3.05, 3.63) is 34.9 Å². The Morgan fingerprint density at radius 1 is 1.28 bits per heavy atom. The molecular formula is C20H27ClN2O2. The summed E-state index contributed by atoms with van der Waals surface area (Å²) in [7, 11) is 0. The van der Waals surface area contributed by atoms with Crippen molar-refractivity contribution in [1.82, 2.24) is 10.2 Å². The molecule has 1 spiro atoms. The van der Waals surface area contributed by atoms with Crippen molar-refractivity contribution in [3.63, 3.8) is 0 Å². The number of hydrogen-bond donors (Lipinski definition) is 1. The Balaban J connectivity index is 1.23. The van der Waals surface area contributed by atoms with Crippen LogP contribution in [0.3, 0.4) is 0 Å². The van der Waals surface area contributed by atoms with Crippen LogP contribution in [0.4, 0.5) is 0 Å². The van der Waals surface area contributed by atoms with Gasteiger partial charge >= 0.3 is 0 Å². The number of rotatable bonds is 7. The number of benzene rings is 1. The molecule has 3 aliphatic rings. The molecule has 1 aromatic carbocycles. The van der Waals surface area contributed by atoms with Gasteiger partial charge in [-0.05, 0) is 49.1 Å². The first-order valence-corrected chi connectivity index (χ1v) is 9.89. The fourth-order valence-electron chi connectivity index (χ4n) is 4.27. The lowest BCUT2D eigenvalue weighted by Crippen LogP contribution is -2.64. The van der Waals surface area contributed by atoms with E-state index in [0.717, 1.165) is 57.1 Å². The highest BCUT2D eigenvalue weighted by molar-refractivity contribution is 6.31. The normalized spacial score (nSPS) is 25.1. The van der Waals surface area contributed by atoms with Crippen molar-refractivity contribution < 1.29 is 9.53 Å². The number of amides is 1. The maximum absolute atomic E-state index is 11.8. The Morgan fingerprint density at radius 3 is 2.84 bits per heavy atom. The van der Waals surface area contributed by atoms with E-state index in [0.29, 0.717) is 11.8 Å². The van der Waals surface area contributed by atoms with Crippen LogP contribution >= 0.6 is 11.6 Å². The molecule has 1 N–H and O–H groups in total. The minimum atomic E-state index is 0.00246. The molecule has 5 heteroatoms. The number of likely N-dealkylation sites (tertiary alicyclic amines) is 1. The van der Waals surface area contributed by atoms with Crippen LogP contribution in [0.15, 0.2) is 24.3 Å². The summed E-state index contributed by atoms with van der Waals surface area (Å²) >= 11 is 6.27. The standard InChI is InChI=1S/C20H27ClN2O2/c21-18-4-2-1-3-16(18)12-23-13-20(14-23)17(8-10-25-20)7-9-22-19(24)11-15-5-6-15/h1-4,15,17H,5-14H2,(H,22,24)/t17-/m1/s1. The van der Waals surface area contributed by atoms with Gasteiger partial charge in [-0.15, -0.1) is 0 Å². The molecule has 1 saturated carbocycles. The zero-order chi connectivity index (χ0) is 17.3. The number of hydrogen-bond acceptors (Lipinski definition) is 3. The summed E-state index contributed by atoms with van der Waals surface area (Å²) in [4.78, 5) is 14.2. The van der Waals surface area contributed by atoms with E-state index in [1.807, 2.05) is 18.2 Å². The minimum Gasteiger partial charge on any atom is -0.372 e. The van der Waals surface area contributed by atoms with Crippen LogP contribution < -0.4 is 5.32 Å². The van der Waals surface area contributed by atoms with Crippen LogP contribution in [0.5, 0.6) is 0 Å². The van der Waals surface area contributed by atoms with Crippen LogP contribution in [-0.4, -0.2) is 42.6 Å². The summed E-state index contributed by atoms with van der Waals surface area (Å²) in [6, 6.07) is 8.05. The first kappa shape index (κ1) is 17.3. The predicted molar refractivity (Wildman–Crippen MR) is 98.5 cm³/mol. The third-order valence-corrected chi connectivity index (χ3v) is 6.29. The number of halogens is 1. The number of carbonyl (C=O) groups excluding carboxylic acids is 1. The van der Waals surface area contributed by atoms with E-state index in [9.17, 15) is 4.79 Å². The van der Waals surface area contributed by atoms with Crippen LogP contribution in [0.2, 0.25) is 5.02 Å². The first-order chi connectivity index (χ1) is 12.1. The molecule has 0 unspecified atom stereocenters. The summed E-state index contributed by atoms with van der Waals surface area (Å²) in [6.45, 7) is 4.46. The van der Waals surface area contributed by atoms with E-state index in [4.69, 9.17) is 16.3 Å². The van der Waals surface area contributed by atoms with Crippen molar-refractivity contribution in [2.24, 2.45) is 11.8 Å². The van der Waals surface area contributed by atoms with Crippen molar-refractivity contribution in [2.45, 2.75) is 44.2 Å². The second-order valence-corrected chi connectivity index (χ2v) is 8.33. The maximum atomic E-state index is 11.8. The summed E-state index contributed by atoms with van der Waals surface area (Å²) < 4.78 is 6.13. The topological polar surface area (TPSA) is 41.6 Å². The molecule has 3 fully saturated rings. The highest BCUT2D eigenvalue weighted by Gasteiger charge is 2.52. The monoisotopic (exact) mass is 362 g/mol. The molecule has 2 aliphatic heterocycles. The average Bonchev–Trinajstić information content (AvgIpc) is 3.27. The molecule has 136 valence electrons. The molecule has 2 saturated heterocycles. The lowest BCUT2D eigenvalue weighted by molar-refractivity contribution is -0.137. The van der Waals surface area contributed by atoms with Gasteiger partial charge in [0.05, 0.1) is 5.60 Å². The first-order valence-electron chi connectivity index (χ1n) is 9.51. The molecule has 1 aromatic rings. The lowest BCUT2D eigenvalue weighted by atomic mass is 9.78. The Labute approximate surface area is 154 Å². The van der Waals surface area contributed by atoms with Gasteiger partial charge in [0.25, 0.3) is 0 Å². The molecule has 4 nitrogen and oxygen atoms in total. The van der Waals surface area contributed by atoms with Gasteiger partial charge in [0.1, 0.15) is 0 Å². The maximum Gasteiger partial charge on any atom is 0.220 e. The molecule has 1 atom stereocenters. The van der Waals surface area contributed by atoms with E-state index in [2.05, 4.69) is 16.3 Å². The number of carbonyl (C=O) groups is 1. The van der Waals surface area contributed by atoms with Gasteiger partial charge in [-0.2, -0.15) is 0 Å². The van der Waals surface area contributed by atoms with Crippen molar-refractivity contribution >= 4 is 17.5 Å². The fourth-order valence-corrected chi connectivity index (χ4v) is 4.47. The van der Waals surface area contributed by atoms with Crippen LogP contribution in [0.1, 0.15) is 37.7 Å². The summed E-state index contributed by atoms with van der Waals surface area (Å²) in [5.41, 5.74) is 1.18. The number of nitrogens with one attached hydrogen (secondary N) is 1. The summed E-state index contributed by atoms with van der Waals surface area (Å²) in [6.07, 6.45) is 5.31. The Hall–Kier alpha value is -1.10. The average molecular weight is 363 g/mol. The quantitative estimate of drug-likeness (QED) is 0.809. The fraction of sp³-hybridized carbons (Fsp3) is 0.650. The summed E-state index contributed by atoms with van der Waals surface area (Å²) in [5, 5.41) is 3.94. The highest BCUT2D eigenvalue weighted by atomic mass is 35.5. The summed E-state index contributed by atoms with van der Waals surface area (Å²) in [5.74, 6) is 1.44. The zero-order valence-electron chi connectivity index (χ0n) is 14.7. The molecule has 0 radical (unpaired) electrons. The lowest BCUT2D eigenvalue weighted by Gasteiger charge is -2.50. The van der Waals surface area contributed by atoms with Gasteiger partial charge in [-0.1, -0.05) is 29.8 Å². The molecule has 2 heterocycles. The second-order valence-electron chi connectivity index (χ2n) is 7.92. The van der Waals surface area contributed by atoms with E-state index in [-0.39, 0.29) is 11.5 Å². The van der Waals surface area contributed by atoms with E-state index in [1.165, 1.54) is 18.4 Å². The minimum absolute atomic E-state index is 0.00246. The molecular weight excluding hydrogens is 336 g/mol. The number of nitrogens with zero attached hydrogens (tertiary/aromatic N) is 1. The third-order valence-electron chi connectivity index (χ3n) is 5.92. The molecule has 1 amide bonds. The van der Waals surface area contributed by atoms with Crippen LogP contribution in [0.25, 0.3) is 0 Å². The third kappa shape index (κ3) is 4.02. The molecule has 4 rings (SSSR count).